The van der Waals surface area contributed by atoms with E-state index >= 15 is 0 Å². The minimum Gasteiger partial charge on any atom is -0.493 e. The molecule has 5 heteroatoms. The normalized spacial score (nSPS) is 10.3. The number of methoxy groups -OCH3 is 3. The van der Waals surface area contributed by atoms with Crippen molar-refractivity contribution in [2.45, 2.75) is 0 Å². The second-order valence-corrected chi connectivity index (χ2v) is 2.70. The first-order valence-electron chi connectivity index (χ1n) is 4.24. The van der Waals surface area contributed by atoms with Crippen molar-refractivity contribution in [2.24, 2.45) is 5.16 Å². The molecule has 1 N–H and O–H groups in total. The monoisotopic (exact) mass is 211 g/mol. The van der Waals surface area contributed by atoms with Gasteiger partial charge in [0, 0.05) is 5.56 Å². The van der Waals surface area contributed by atoms with Crippen LogP contribution in [0.25, 0.3) is 0 Å². The molecule has 15 heavy (non-hydrogen) atoms. The van der Waals surface area contributed by atoms with Crippen molar-refractivity contribution < 1.29 is 19.4 Å². The predicted molar refractivity (Wildman–Crippen MR) is 55.5 cm³/mol. The van der Waals surface area contributed by atoms with Crippen molar-refractivity contribution in [3.8, 4) is 17.2 Å². The van der Waals surface area contributed by atoms with Crippen molar-refractivity contribution in [1.29, 1.82) is 0 Å². The Kier molecular flexibility index (Phi) is 3.79. The van der Waals surface area contributed by atoms with Gasteiger partial charge in [0.2, 0.25) is 5.75 Å². The summed E-state index contributed by atoms with van der Waals surface area (Å²) < 4.78 is 15.4. The highest BCUT2D eigenvalue weighted by Crippen LogP contribution is 2.37. The number of ether oxygens (including phenoxy) is 3. The van der Waals surface area contributed by atoms with Gasteiger partial charge in [-0.1, -0.05) is 5.16 Å². The molecule has 0 spiro atoms. The Balaban J connectivity index is 3.28. The second-order valence-electron chi connectivity index (χ2n) is 2.70. The highest BCUT2D eigenvalue weighted by Gasteiger charge is 2.12. The summed E-state index contributed by atoms with van der Waals surface area (Å²) in [4.78, 5) is 0. The number of nitrogens with zero attached hydrogens (tertiary/aromatic N) is 1. The molecule has 0 aliphatic carbocycles. The lowest BCUT2D eigenvalue weighted by molar-refractivity contribution is 0.320. The van der Waals surface area contributed by atoms with Gasteiger partial charge in [-0.3, -0.25) is 0 Å². The summed E-state index contributed by atoms with van der Waals surface area (Å²) in [5.74, 6) is 1.55. The largest absolute Gasteiger partial charge is 0.493 e. The highest BCUT2D eigenvalue weighted by atomic mass is 16.5. The maximum absolute atomic E-state index is 8.43. The van der Waals surface area contributed by atoms with Crippen LogP contribution in [-0.4, -0.2) is 32.8 Å². The van der Waals surface area contributed by atoms with E-state index in [1.54, 1.807) is 12.1 Å². The van der Waals surface area contributed by atoms with Gasteiger partial charge in [-0.25, -0.2) is 0 Å². The SMILES string of the molecule is COc1cc(C=NO)cc(OC)c1OC. The quantitative estimate of drug-likeness (QED) is 0.466. The van der Waals surface area contributed by atoms with Crippen LogP contribution >= 0.6 is 0 Å². The van der Waals surface area contributed by atoms with Crippen molar-refractivity contribution in [1.82, 2.24) is 0 Å². The Morgan fingerprint density at radius 2 is 1.60 bits per heavy atom. The molecule has 82 valence electrons. The highest BCUT2D eigenvalue weighted by molar-refractivity contribution is 5.82. The number of hydrogen-bond donors (Lipinski definition) is 1. The van der Waals surface area contributed by atoms with Gasteiger partial charge in [-0.05, 0) is 12.1 Å². The maximum Gasteiger partial charge on any atom is 0.203 e. The number of rotatable bonds is 4. The third-order valence-electron chi connectivity index (χ3n) is 1.89. The molecule has 0 unspecified atom stereocenters. The van der Waals surface area contributed by atoms with Crippen LogP contribution in [0, 0.1) is 0 Å². The predicted octanol–water partition coefficient (Wildman–Crippen LogP) is 1.52. The van der Waals surface area contributed by atoms with Gasteiger partial charge in [-0.2, -0.15) is 0 Å². The van der Waals surface area contributed by atoms with E-state index in [0.717, 1.165) is 0 Å². The molecule has 0 aliphatic heterocycles. The molecule has 0 fully saturated rings. The zero-order valence-corrected chi connectivity index (χ0v) is 8.85. The van der Waals surface area contributed by atoms with Gasteiger partial charge in [0.05, 0.1) is 27.5 Å². The van der Waals surface area contributed by atoms with Crippen molar-refractivity contribution >= 4 is 6.21 Å². The zero-order chi connectivity index (χ0) is 11.3. The standard InChI is InChI=1S/C10H13NO4/c1-13-8-4-7(6-11-12)5-9(14-2)10(8)15-3/h4-6,12H,1-3H3. The van der Waals surface area contributed by atoms with Crippen LogP contribution in [0.2, 0.25) is 0 Å². The Morgan fingerprint density at radius 1 is 1.07 bits per heavy atom. The van der Waals surface area contributed by atoms with Gasteiger partial charge in [0.15, 0.2) is 11.5 Å². The van der Waals surface area contributed by atoms with E-state index in [9.17, 15) is 0 Å². The zero-order valence-electron chi connectivity index (χ0n) is 8.85. The first-order valence-corrected chi connectivity index (χ1v) is 4.24. The Labute approximate surface area is 87.9 Å². The minimum absolute atomic E-state index is 0.509. The molecular formula is C10H13NO4. The number of hydrogen-bond acceptors (Lipinski definition) is 5. The van der Waals surface area contributed by atoms with Crippen molar-refractivity contribution in [3.63, 3.8) is 0 Å². The van der Waals surface area contributed by atoms with Crippen molar-refractivity contribution in [3.05, 3.63) is 17.7 Å². The summed E-state index contributed by atoms with van der Waals surface area (Å²) >= 11 is 0. The summed E-state index contributed by atoms with van der Waals surface area (Å²) in [6, 6.07) is 3.36. The lowest BCUT2D eigenvalue weighted by Crippen LogP contribution is -1.96. The van der Waals surface area contributed by atoms with E-state index in [2.05, 4.69) is 5.16 Å². The van der Waals surface area contributed by atoms with Gasteiger partial charge in [-0.15, -0.1) is 0 Å². The minimum atomic E-state index is 0.509. The summed E-state index contributed by atoms with van der Waals surface area (Å²) in [7, 11) is 4.58. The molecule has 1 aromatic carbocycles. The van der Waals surface area contributed by atoms with E-state index < -0.39 is 0 Å². The summed E-state index contributed by atoms with van der Waals surface area (Å²) in [5.41, 5.74) is 0.659. The molecular weight excluding hydrogens is 198 g/mol. The summed E-state index contributed by atoms with van der Waals surface area (Å²) in [6.45, 7) is 0. The van der Waals surface area contributed by atoms with Gasteiger partial charge in [0.25, 0.3) is 0 Å². The van der Waals surface area contributed by atoms with E-state index in [-0.39, 0.29) is 0 Å². The van der Waals surface area contributed by atoms with Crippen LogP contribution in [0.15, 0.2) is 17.3 Å². The van der Waals surface area contributed by atoms with Crippen LogP contribution < -0.4 is 14.2 Å². The van der Waals surface area contributed by atoms with Crippen LogP contribution in [0.5, 0.6) is 17.2 Å². The number of oxime groups is 1. The molecule has 1 rings (SSSR count). The average molecular weight is 211 g/mol. The molecule has 0 aliphatic rings. The summed E-state index contributed by atoms with van der Waals surface area (Å²) in [5, 5.41) is 11.4. The topological polar surface area (TPSA) is 60.3 Å². The van der Waals surface area contributed by atoms with E-state index in [0.29, 0.717) is 22.8 Å². The first kappa shape index (κ1) is 11.2. The Hall–Kier alpha value is -1.91. The fourth-order valence-electron chi connectivity index (χ4n) is 1.24. The van der Waals surface area contributed by atoms with Crippen LogP contribution in [0.4, 0.5) is 0 Å². The average Bonchev–Trinajstić information content (AvgIpc) is 2.28. The molecule has 1 aromatic rings. The Bertz CT molecular complexity index is 337. The van der Waals surface area contributed by atoms with Gasteiger partial charge >= 0.3 is 0 Å². The molecule has 5 nitrogen and oxygen atoms in total. The molecule has 0 radical (unpaired) electrons. The van der Waals surface area contributed by atoms with Gasteiger partial charge < -0.3 is 19.4 Å². The van der Waals surface area contributed by atoms with Crippen LogP contribution in [0.1, 0.15) is 5.56 Å². The van der Waals surface area contributed by atoms with Gasteiger partial charge in [0.1, 0.15) is 0 Å². The maximum atomic E-state index is 8.43. The molecule has 0 bridgehead atoms. The number of benzene rings is 1. The third kappa shape index (κ3) is 2.31. The first-order chi connectivity index (χ1) is 7.26. The van der Waals surface area contributed by atoms with Crippen LogP contribution in [-0.2, 0) is 0 Å². The molecule has 0 amide bonds. The van der Waals surface area contributed by atoms with Crippen molar-refractivity contribution in [2.75, 3.05) is 21.3 Å². The fourth-order valence-corrected chi connectivity index (χ4v) is 1.24. The smallest absolute Gasteiger partial charge is 0.203 e. The molecule has 0 aromatic heterocycles. The van der Waals surface area contributed by atoms with E-state index in [1.165, 1.54) is 27.5 Å². The molecule has 0 saturated heterocycles. The lowest BCUT2D eigenvalue weighted by Gasteiger charge is -2.12. The Morgan fingerprint density at radius 3 is 1.93 bits per heavy atom. The second kappa shape index (κ2) is 5.09. The van der Waals surface area contributed by atoms with E-state index in [1.807, 2.05) is 0 Å². The third-order valence-corrected chi connectivity index (χ3v) is 1.89. The molecule has 0 heterocycles. The molecule has 0 saturated carbocycles. The molecule has 0 atom stereocenters. The lowest BCUT2D eigenvalue weighted by atomic mass is 10.2. The van der Waals surface area contributed by atoms with Crippen LogP contribution in [0.3, 0.4) is 0 Å². The summed E-state index contributed by atoms with van der Waals surface area (Å²) in [6.07, 6.45) is 1.28. The van der Waals surface area contributed by atoms with E-state index in [4.69, 9.17) is 19.4 Å². The fraction of sp³-hybridized carbons (Fsp3) is 0.300.